The van der Waals surface area contributed by atoms with Crippen LogP contribution in [0.1, 0.15) is 24.5 Å². The number of hydrogen-bond acceptors (Lipinski definition) is 3. The normalized spacial score (nSPS) is 14.3. The highest BCUT2D eigenvalue weighted by Crippen LogP contribution is 2.26. The Morgan fingerprint density at radius 1 is 1.20 bits per heavy atom. The van der Waals surface area contributed by atoms with Crippen molar-refractivity contribution in [1.82, 2.24) is 0 Å². The van der Waals surface area contributed by atoms with Crippen molar-refractivity contribution in [1.29, 1.82) is 0 Å². The quantitative estimate of drug-likeness (QED) is 0.722. The van der Waals surface area contributed by atoms with Gasteiger partial charge in [-0.1, -0.05) is 6.07 Å². The molecule has 0 spiro atoms. The summed E-state index contributed by atoms with van der Waals surface area (Å²) in [6, 6.07) is 11.1. The Hall–Kier alpha value is -2.34. The maximum Gasteiger partial charge on any atom is 0.246 e. The van der Waals surface area contributed by atoms with E-state index < -0.39 is 6.04 Å². The number of aryl methyl sites for hydroxylation is 2. The van der Waals surface area contributed by atoms with Gasteiger partial charge in [0.25, 0.3) is 0 Å². The van der Waals surface area contributed by atoms with Crippen LogP contribution in [0.5, 0.6) is 0 Å². The number of anilines is 3. The van der Waals surface area contributed by atoms with Crippen LogP contribution in [0, 0.1) is 6.92 Å². The van der Waals surface area contributed by atoms with Crippen molar-refractivity contribution in [2.75, 3.05) is 16.0 Å². The van der Waals surface area contributed by atoms with Crippen LogP contribution in [0.2, 0.25) is 0 Å². The van der Waals surface area contributed by atoms with E-state index >= 15 is 0 Å². The average Bonchev–Trinajstić information content (AvgIpc) is 2.57. The first-order valence-electron chi connectivity index (χ1n) is 8.19. The van der Waals surface area contributed by atoms with E-state index in [1.165, 1.54) is 0 Å². The number of amides is 2. The fourth-order valence-corrected chi connectivity index (χ4v) is 3.34. The van der Waals surface area contributed by atoms with Gasteiger partial charge in [-0.25, -0.2) is 0 Å². The molecule has 3 N–H and O–H groups in total. The summed E-state index contributed by atoms with van der Waals surface area (Å²) in [6.45, 7) is 3.82. The van der Waals surface area contributed by atoms with Crippen molar-refractivity contribution in [2.24, 2.45) is 0 Å². The zero-order valence-electron chi connectivity index (χ0n) is 14.2. The molecule has 1 aliphatic rings. The molecule has 130 valence electrons. The highest BCUT2D eigenvalue weighted by Gasteiger charge is 2.17. The Morgan fingerprint density at radius 2 is 2.00 bits per heavy atom. The summed E-state index contributed by atoms with van der Waals surface area (Å²) in [6.07, 6.45) is 1.21. The maximum atomic E-state index is 12.4. The standard InChI is InChI=1S/C19H20BrN3O2/c1-11-3-6-17(15(20)9-11)23-19(25)12(2)21-14-5-7-16-13(10-14)4-8-18(24)22-16/h3,5-7,9-10,12,21H,4,8H2,1-2H3,(H,22,24)(H,23,25). The molecule has 6 heteroatoms. The number of nitrogens with one attached hydrogen (secondary N) is 3. The van der Waals surface area contributed by atoms with Gasteiger partial charge in [0.1, 0.15) is 6.04 Å². The monoisotopic (exact) mass is 401 g/mol. The smallest absolute Gasteiger partial charge is 0.246 e. The molecule has 1 atom stereocenters. The van der Waals surface area contributed by atoms with Gasteiger partial charge in [0.2, 0.25) is 11.8 Å². The van der Waals surface area contributed by atoms with Gasteiger partial charge in [0.05, 0.1) is 5.69 Å². The van der Waals surface area contributed by atoms with E-state index in [1.807, 2.05) is 50.2 Å². The highest BCUT2D eigenvalue weighted by molar-refractivity contribution is 9.10. The number of hydrogen-bond donors (Lipinski definition) is 3. The second-order valence-corrected chi connectivity index (χ2v) is 7.11. The minimum atomic E-state index is -0.399. The van der Waals surface area contributed by atoms with Crippen molar-refractivity contribution in [3.63, 3.8) is 0 Å². The first-order chi connectivity index (χ1) is 11.9. The van der Waals surface area contributed by atoms with Gasteiger partial charge in [-0.3, -0.25) is 9.59 Å². The first-order valence-corrected chi connectivity index (χ1v) is 8.98. The lowest BCUT2D eigenvalue weighted by Crippen LogP contribution is -2.32. The minimum Gasteiger partial charge on any atom is -0.374 e. The van der Waals surface area contributed by atoms with E-state index in [1.54, 1.807) is 0 Å². The van der Waals surface area contributed by atoms with Crippen LogP contribution in [0.4, 0.5) is 17.1 Å². The molecule has 2 aromatic carbocycles. The Bertz CT molecular complexity index is 835. The summed E-state index contributed by atoms with van der Waals surface area (Å²) >= 11 is 3.47. The predicted octanol–water partition coefficient (Wildman–Crippen LogP) is 4.08. The fraction of sp³-hybridized carbons (Fsp3) is 0.263. The van der Waals surface area contributed by atoms with Gasteiger partial charge in [-0.05, 0) is 77.7 Å². The van der Waals surface area contributed by atoms with E-state index in [2.05, 4.69) is 31.9 Å². The largest absolute Gasteiger partial charge is 0.374 e. The summed E-state index contributed by atoms with van der Waals surface area (Å²) in [5.74, 6) is -0.0693. The first kappa shape index (κ1) is 17.5. The molecule has 0 radical (unpaired) electrons. The summed E-state index contributed by atoms with van der Waals surface area (Å²) in [5, 5.41) is 8.99. The zero-order chi connectivity index (χ0) is 18.0. The topological polar surface area (TPSA) is 70.2 Å². The molecule has 1 aliphatic heterocycles. The lowest BCUT2D eigenvalue weighted by molar-refractivity contribution is -0.117. The molecule has 25 heavy (non-hydrogen) atoms. The van der Waals surface area contributed by atoms with Crippen LogP contribution in [0.25, 0.3) is 0 Å². The number of carbonyl (C=O) groups excluding carboxylic acids is 2. The van der Waals surface area contributed by atoms with Crippen LogP contribution in [0.15, 0.2) is 40.9 Å². The van der Waals surface area contributed by atoms with Gasteiger partial charge in [-0.2, -0.15) is 0 Å². The second kappa shape index (κ2) is 7.27. The third-order valence-electron chi connectivity index (χ3n) is 4.16. The summed E-state index contributed by atoms with van der Waals surface area (Å²) in [4.78, 5) is 23.9. The Labute approximate surface area is 155 Å². The Morgan fingerprint density at radius 3 is 2.76 bits per heavy atom. The van der Waals surface area contributed by atoms with Gasteiger partial charge in [-0.15, -0.1) is 0 Å². The fourth-order valence-electron chi connectivity index (χ4n) is 2.75. The van der Waals surface area contributed by atoms with Crippen LogP contribution in [0.3, 0.4) is 0 Å². The van der Waals surface area contributed by atoms with E-state index in [-0.39, 0.29) is 11.8 Å². The van der Waals surface area contributed by atoms with Gasteiger partial charge in [0, 0.05) is 22.3 Å². The molecule has 0 saturated carbocycles. The van der Waals surface area contributed by atoms with E-state index in [0.717, 1.165) is 32.7 Å². The van der Waals surface area contributed by atoms with Crippen molar-refractivity contribution >= 4 is 44.8 Å². The number of benzene rings is 2. The molecule has 0 saturated heterocycles. The molecular weight excluding hydrogens is 382 g/mol. The lowest BCUT2D eigenvalue weighted by Gasteiger charge is -2.20. The summed E-state index contributed by atoms with van der Waals surface area (Å²) in [5.41, 5.74) is 4.66. The maximum absolute atomic E-state index is 12.4. The molecule has 0 fully saturated rings. The van der Waals surface area contributed by atoms with Crippen molar-refractivity contribution < 1.29 is 9.59 Å². The number of rotatable bonds is 4. The molecule has 2 aromatic rings. The van der Waals surface area contributed by atoms with Crippen LogP contribution in [-0.4, -0.2) is 17.9 Å². The average molecular weight is 402 g/mol. The Balaban J connectivity index is 1.66. The molecule has 0 aromatic heterocycles. The SMILES string of the molecule is Cc1ccc(NC(=O)C(C)Nc2ccc3c(c2)CCC(=O)N3)c(Br)c1. The molecule has 0 bridgehead atoms. The molecular formula is C19H20BrN3O2. The Kier molecular flexibility index (Phi) is 5.08. The minimum absolute atomic E-state index is 0.0460. The van der Waals surface area contributed by atoms with Crippen molar-refractivity contribution in [3.05, 3.63) is 52.0 Å². The molecule has 1 unspecified atom stereocenters. The third-order valence-corrected chi connectivity index (χ3v) is 4.82. The van der Waals surface area contributed by atoms with Crippen LogP contribution >= 0.6 is 15.9 Å². The van der Waals surface area contributed by atoms with Gasteiger partial charge >= 0.3 is 0 Å². The van der Waals surface area contributed by atoms with Gasteiger partial charge < -0.3 is 16.0 Å². The third kappa shape index (κ3) is 4.20. The number of fused-ring (bicyclic) bond motifs is 1. The highest BCUT2D eigenvalue weighted by atomic mass is 79.9. The molecule has 1 heterocycles. The molecule has 2 amide bonds. The summed E-state index contributed by atoms with van der Waals surface area (Å²) in [7, 11) is 0. The van der Waals surface area contributed by atoms with E-state index in [4.69, 9.17) is 0 Å². The van der Waals surface area contributed by atoms with Gasteiger partial charge in [0.15, 0.2) is 0 Å². The summed E-state index contributed by atoms with van der Waals surface area (Å²) < 4.78 is 0.859. The second-order valence-electron chi connectivity index (χ2n) is 6.26. The lowest BCUT2D eigenvalue weighted by atomic mass is 10.0. The number of carbonyl (C=O) groups is 2. The molecule has 3 rings (SSSR count). The van der Waals surface area contributed by atoms with E-state index in [0.29, 0.717) is 12.8 Å². The van der Waals surface area contributed by atoms with Crippen molar-refractivity contribution in [3.8, 4) is 0 Å². The van der Waals surface area contributed by atoms with E-state index in [9.17, 15) is 9.59 Å². The zero-order valence-corrected chi connectivity index (χ0v) is 15.7. The van der Waals surface area contributed by atoms with Crippen LogP contribution in [-0.2, 0) is 16.0 Å². The predicted molar refractivity (Wildman–Crippen MR) is 104 cm³/mol. The van der Waals surface area contributed by atoms with Crippen LogP contribution < -0.4 is 16.0 Å². The van der Waals surface area contributed by atoms with Crippen molar-refractivity contribution in [2.45, 2.75) is 32.7 Å². The number of halogens is 1. The molecule has 0 aliphatic carbocycles. The molecule has 5 nitrogen and oxygen atoms in total.